The molecular weight excluding hydrogens is 512 g/mol. The zero-order valence-corrected chi connectivity index (χ0v) is 21.2. The van der Waals surface area contributed by atoms with Gasteiger partial charge in [0.25, 0.3) is 5.56 Å². The normalized spacial score (nSPS) is 11.2. The van der Waals surface area contributed by atoms with Gasteiger partial charge in [0.1, 0.15) is 5.65 Å². The first-order valence-electron chi connectivity index (χ1n) is 12.7. The quantitative estimate of drug-likeness (QED) is 0.218. The molecule has 4 aromatic heterocycles. The van der Waals surface area contributed by atoms with Gasteiger partial charge in [-0.25, -0.2) is 13.8 Å². The number of aryl methyl sites for hydroxylation is 1. The summed E-state index contributed by atoms with van der Waals surface area (Å²) < 4.78 is 33.4. The van der Waals surface area contributed by atoms with Crippen molar-refractivity contribution in [3.8, 4) is 22.3 Å². The van der Waals surface area contributed by atoms with Crippen LogP contribution in [0.5, 0.6) is 0 Å². The van der Waals surface area contributed by atoms with Crippen LogP contribution in [-0.2, 0) is 13.0 Å². The topological polar surface area (TPSA) is 80.9 Å². The number of Topliss-reactive ketones (excluding diaryl/α,β-unsaturated/α-hetero) is 1. The molecule has 40 heavy (non-hydrogen) atoms. The van der Waals surface area contributed by atoms with E-state index in [4.69, 9.17) is 4.42 Å². The van der Waals surface area contributed by atoms with Crippen LogP contribution in [-0.4, -0.2) is 20.3 Å². The Hall–Kier alpha value is -5.11. The van der Waals surface area contributed by atoms with Gasteiger partial charge in [-0.15, -0.1) is 0 Å². The molecule has 6 nitrogen and oxygen atoms in total. The molecule has 0 aliphatic rings. The Balaban J connectivity index is 1.20. The summed E-state index contributed by atoms with van der Waals surface area (Å²) in [6, 6.07) is 18.5. The van der Waals surface area contributed by atoms with Crippen LogP contribution in [0, 0.1) is 11.6 Å². The van der Waals surface area contributed by atoms with E-state index >= 15 is 0 Å². The number of pyridine rings is 2. The lowest BCUT2D eigenvalue weighted by Gasteiger charge is -2.09. The minimum atomic E-state index is -0.984. The Bertz CT molecular complexity index is 1910. The van der Waals surface area contributed by atoms with E-state index in [1.165, 1.54) is 22.9 Å². The fourth-order valence-electron chi connectivity index (χ4n) is 4.82. The summed E-state index contributed by atoms with van der Waals surface area (Å²) in [5.41, 5.74) is 5.61. The Morgan fingerprint density at radius 1 is 0.925 bits per heavy atom. The number of nitrogens with zero attached hydrogens (tertiary/aromatic N) is 2. The van der Waals surface area contributed by atoms with Crippen LogP contribution in [0.2, 0.25) is 0 Å². The molecule has 0 radical (unpaired) electrons. The van der Waals surface area contributed by atoms with Crippen LogP contribution in [0.3, 0.4) is 0 Å². The summed E-state index contributed by atoms with van der Waals surface area (Å²) in [6.07, 6.45) is 9.14. The van der Waals surface area contributed by atoms with Crippen LogP contribution in [0.25, 0.3) is 33.3 Å². The number of hydrogen-bond acceptors (Lipinski definition) is 4. The molecular formula is C32H23F2N3O3. The molecule has 0 amide bonds. The highest BCUT2D eigenvalue weighted by molar-refractivity contribution is 5.97. The van der Waals surface area contributed by atoms with E-state index in [1.54, 1.807) is 24.8 Å². The minimum absolute atomic E-state index is 0.0288. The summed E-state index contributed by atoms with van der Waals surface area (Å²) in [4.78, 5) is 33.8. The summed E-state index contributed by atoms with van der Waals surface area (Å²) >= 11 is 0. The van der Waals surface area contributed by atoms with Crippen molar-refractivity contribution in [1.29, 1.82) is 0 Å². The second kappa shape index (κ2) is 10.6. The SMILES string of the molecule is O=C(CCc1cccc(-c2c[nH]c3ncc(-c4ccoc4)cc23)c1)c1cccn(Cc2ccc(F)c(F)c2)c1=O. The van der Waals surface area contributed by atoms with Gasteiger partial charge in [-0.3, -0.25) is 9.59 Å². The molecule has 6 aromatic rings. The molecule has 4 heterocycles. The number of fused-ring (bicyclic) bond motifs is 1. The molecule has 0 saturated carbocycles. The molecule has 1 N–H and O–H groups in total. The van der Waals surface area contributed by atoms with E-state index < -0.39 is 17.2 Å². The van der Waals surface area contributed by atoms with Gasteiger partial charge < -0.3 is 14.0 Å². The molecule has 0 unspecified atom stereocenters. The number of benzene rings is 2. The molecule has 0 spiro atoms. The van der Waals surface area contributed by atoms with Crippen molar-refractivity contribution in [2.24, 2.45) is 0 Å². The molecule has 0 aliphatic carbocycles. The molecule has 2 aromatic carbocycles. The lowest BCUT2D eigenvalue weighted by atomic mass is 9.98. The third-order valence-electron chi connectivity index (χ3n) is 6.92. The van der Waals surface area contributed by atoms with Crippen LogP contribution in [0.15, 0.2) is 107 Å². The van der Waals surface area contributed by atoms with Gasteiger partial charge in [-0.2, -0.15) is 0 Å². The third-order valence-corrected chi connectivity index (χ3v) is 6.92. The molecule has 8 heteroatoms. The van der Waals surface area contributed by atoms with Crippen molar-refractivity contribution < 1.29 is 18.0 Å². The maximum absolute atomic E-state index is 13.6. The monoisotopic (exact) mass is 535 g/mol. The van der Waals surface area contributed by atoms with Gasteiger partial charge in [-0.1, -0.05) is 30.3 Å². The average molecular weight is 536 g/mol. The second-order valence-corrected chi connectivity index (χ2v) is 9.56. The maximum Gasteiger partial charge on any atom is 0.261 e. The largest absolute Gasteiger partial charge is 0.472 e. The van der Waals surface area contributed by atoms with Crippen LogP contribution in [0.1, 0.15) is 27.9 Å². The fourth-order valence-corrected chi connectivity index (χ4v) is 4.82. The van der Waals surface area contributed by atoms with Crippen molar-refractivity contribution in [3.63, 3.8) is 0 Å². The molecule has 0 saturated heterocycles. The summed E-state index contributed by atoms with van der Waals surface area (Å²) in [7, 11) is 0. The average Bonchev–Trinajstić information content (AvgIpc) is 3.65. The van der Waals surface area contributed by atoms with E-state index in [9.17, 15) is 18.4 Å². The van der Waals surface area contributed by atoms with Gasteiger partial charge in [0.05, 0.1) is 24.6 Å². The number of hydrogen-bond donors (Lipinski definition) is 1. The van der Waals surface area contributed by atoms with Crippen molar-refractivity contribution in [3.05, 3.63) is 137 Å². The molecule has 0 atom stereocenters. The van der Waals surface area contributed by atoms with Gasteiger partial charge in [0, 0.05) is 47.1 Å². The van der Waals surface area contributed by atoms with E-state index in [2.05, 4.69) is 16.0 Å². The number of H-pyrrole nitrogens is 1. The number of rotatable bonds is 8. The lowest BCUT2D eigenvalue weighted by molar-refractivity contribution is 0.0980. The Kier molecular flexibility index (Phi) is 6.66. The smallest absolute Gasteiger partial charge is 0.261 e. The number of carbonyl (C=O) groups excluding carboxylic acids is 1. The van der Waals surface area contributed by atoms with Crippen molar-refractivity contribution >= 4 is 16.8 Å². The first-order chi connectivity index (χ1) is 19.5. The number of carbonyl (C=O) groups is 1. The molecule has 198 valence electrons. The Morgan fingerprint density at radius 3 is 2.65 bits per heavy atom. The fraction of sp³-hybridized carbons (Fsp3) is 0.0938. The standard InChI is InChI=1S/C32H23F2N3O3/c33-28-8-6-21(14-29(28)34)18-37-11-2-5-25(32(37)39)30(38)9-7-20-3-1-4-22(13-20)27-17-36-31-26(27)15-24(16-35-31)23-10-12-40-19-23/h1-6,8,10-17,19H,7,9,18H2,(H,35,36). The third kappa shape index (κ3) is 4.99. The number of nitrogens with one attached hydrogen (secondary N) is 1. The van der Waals surface area contributed by atoms with E-state index in [1.807, 2.05) is 36.5 Å². The molecule has 6 rings (SSSR count). The van der Waals surface area contributed by atoms with Crippen molar-refractivity contribution in [2.75, 3.05) is 0 Å². The first-order valence-corrected chi connectivity index (χ1v) is 12.7. The number of halogens is 2. The molecule has 0 aliphatic heterocycles. The van der Waals surface area contributed by atoms with Gasteiger partial charge in [0.2, 0.25) is 0 Å². The molecule has 0 fully saturated rings. The van der Waals surface area contributed by atoms with E-state index in [-0.39, 0.29) is 24.3 Å². The van der Waals surface area contributed by atoms with Crippen LogP contribution < -0.4 is 5.56 Å². The minimum Gasteiger partial charge on any atom is -0.472 e. The van der Waals surface area contributed by atoms with Crippen molar-refractivity contribution in [2.45, 2.75) is 19.4 Å². The lowest BCUT2D eigenvalue weighted by Crippen LogP contribution is -2.26. The predicted molar refractivity (Wildman–Crippen MR) is 148 cm³/mol. The van der Waals surface area contributed by atoms with Crippen molar-refractivity contribution in [1.82, 2.24) is 14.5 Å². The Labute approximate surface area is 227 Å². The Morgan fingerprint density at radius 2 is 1.82 bits per heavy atom. The summed E-state index contributed by atoms with van der Waals surface area (Å²) in [5, 5.41) is 0.970. The molecule has 0 bridgehead atoms. The zero-order valence-electron chi connectivity index (χ0n) is 21.2. The zero-order chi connectivity index (χ0) is 27.6. The van der Waals surface area contributed by atoms with E-state index in [0.717, 1.165) is 51.0 Å². The van der Waals surface area contributed by atoms with Gasteiger partial charge in [-0.05, 0) is 59.5 Å². The second-order valence-electron chi connectivity index (χ2n) is 9.56. The maximum atomic E-state index is 13.6. The van der Waals surface area contributed by atoms with Gasteiger partial charge in [0.15, 0.2) is 17.4 Å². The highest BCUT2D eigenvalue weighted by Gasteiger charge is 2.15. The number of ketones is 1. The van der Waals surface area contributed by atoms with Crippen LogP contribution in [0.4, 0.5) is 8.78 Å². The van der Waals surface area contributed by atoms with Crippen LogP contribution >= 0.6 is 0 Å². The summed E-state index contributed by atoms with van der Waals surface area (Å²) in [5.74, 6) is -2.22. The summed E-state index contributed by atoms with van der Waals surface area (Å²) in [6.45, 7) is 0.0288. The highest BCUT2D eigenvalue weighted by Crippen LogP contribution is 2.31. The predicted octanol–water partition coefficient (Wildman–Crippen LogP) is 6.79. The number of aromatic nitrogens is 3. The number of aromatic amines is 1. The van der Waals surface area contributed by atoms with Gasteiger partial charge >= 0.3 is 0 Å². The first kappa shape index (κ1) is 25.2. The highest BCUT2D eigenvalue weighted by atomic mass is 19.2. The van der Waals surface area contributed by atoms with E-state index in [0.29, 0.717) is 12.0 Å². The number of furan rings is 1.